The molecule has 0 unspecified atom stereocenters. The van der Waals surface area contributed by atoms with Crippen LogP contribution in [0.5, 0.6) is 17.2 Å². The van der Waals surface area contributed by atoms with E-state index in [1.165, 1.54) is 28.8 Å². The first kappa shape index (κ1) is 19.6. The Morgan fingerprint density at radius 3 is 2.10 bits per heavy atom. The number of hydrogen-bond donors (Lipinski definition) is 1. The highest BCUT2D eigenvalue weighted by molar-refractivity contribution is 5.67. The molecule has 1 N–H and O–H groups in total. The molecule has 30 heavy (non-hydrogen) atoms. The molecular weight excluding hydrogens is 399 g/mol. The van der Waals surface area contributed by atoms with E-state index in [1.807, 2.05) is 13.8 Å². The molecular formula is C21H16F3N3O3. The zero-order chi connectivity index (χ0) is 21.5. The van der Waals surface area contributed by atoms with Gasteiger partial charge in [-0.1, -0.05) is 12.1 Å². The summed E-state index contributed by atoms with van der Waals surface area (Å²) in [6.07, 6.45) is -4.74. The summed E-state index contributed by atoms with van der Waals surface area (Å²) in [7, 11) is 0. The third-order valence-electron chi connectivity index (χ3n) is 4.36. The number of rotatable bonds is 4. The Morgan fingerprint density at radius 1 is 0.933 bits per heavy atom. The van der Waals surface area contributed by atoms with Gasteiger partial charge >= 0.3 is 6.36 Å². The summed E-state index contributed by atoms with van der Waals surface area (Å²) in [4.78, 5) is 16.0. The van der Waals surface area contributed by atoms with Gasteiger partial charge in [-0.2, -0.15) is 9.61 Å². The Kier molecular flexibility index (Phi) is 4.73. The Labute approximate surface area is 168 Å². The first-order chi connectivity index (χ1) is 14.2. The smallest absolute Gasteiger partial charge is 0.457 e. The summed E-state index contributed by atoms with van der Waals surface area (Å²) in [6, 6.07) is 13.7. The van der Waals surface area contributed by atoms with Gasteiger partial charge in [0, 0.05) is 11.8 Å². The van der Waals surface area contributed by atoms with Crippen molar-refractivity contribution in [2.24, 2.45) is 0 Å². The summed E-state index contributed by atoms with van der Waals surface area (Å²) in [5, 5.41) is 4.21. The summed E-state index contributed by atoms with van der Waals surface area (Å²) < 4.78 is 47.5. The van der Waals surface area contributed by atoms with E-state index >= 15 is 0 Å². The van der Waals surface area contributed by atoms with Crippen molar-refractivity contribution in [2.75, 3.05) is 0 Å². The number of aryl methyl sites for hydroxylation is 2. The lowest BCUT2D eigenvalue weighted by atomic mass is 10.1. The van der Waals surface area contributed by atoms with Crippen LogP contribution in [-0.2, 0) is 0 Å². The predicted octanol–water partition coefficient (Wildman–Crippen LogP) is 5.00. The van der Waals surface area contributed by atoms with E-state index in [1.54, 1.807) is 30.3 Å². The van der Waals surface area contributed by atoms with Crippen LogP contribution in [0.25, 0.3) is 16.8 Å². The second kappa shape index (κ2) is 7.25. The van der Waals surface area contributed by atoms with Gasteiger partial charge in [-0.05, 0) is 55.8 Å². The molecule has 0 spiro atoms. The number of fused-ring (bicyclic) bond motifs is 1. The van der Waals surface area contributed by atoms with E-state index in [2.05, 4.69) is 14.8 Å². The molecule has 0 aliphatic rings. The summed E-state index contributed by atoms with van der Waals surface area (Å²) >= 11 is 0. The maximum absolute atomic E-state index is 12.8. The Bertz CT molecular complexity index is 1260. The Morgan fingerprint density at radius 2 is 1.50 bits per heavy atom. The topological polar surface area (TPSA) is 68.6 Å². The maximum Gasteiger partial charge on any atom is 0.573 e. The molecule has 0 aliphatic carbocycles. The van der Waals surface area contributed by atoms with Crippen molar-refractivity contribution in [1.29, 1.82) is 0 Å². The molecule has 4 rings (SSSR count). The van der Waals surface area contributed by atoms with Crippen LogP contribution in [0.15, 0.2) is 59.4 Å². The van der Waals surface area contributed by atoms with Gasteiger partial charge in [-0.25, -0.2) is 0 Å². The number of aromatic nitrogens is 3. The van der Waals surface area contributed by atoms with Crippen LogP contribution < -0.4 is 15.0 Å². The van der Waals surface area contributed by atoms with Gasteiger partial charge < -0.3 is 14.5 Å². The fourth-order valence-electron chi connectivity index (χ4n) is 3.14. The number of nitrogens with zero attached hydrogens (tertiary/aromatic N) is 2. The van der Waals surface area contributed by atoms with Gasteiger partial charge in [0.2, 0.25) is 0 Å². The lowest BCUT2D eigenvalue weighted by molar-refractivity contribution is -0.274. The molecule has 9 heteroatoms. The number of benzene rings is 2. The van der Waals surface area contributed by atoms with Crippen LogP contribution in [0, 0.1) is 13.8 Å². The van der Waals surface area contributed by atoms with E-state index in [0.29, 0.717) is 34.0 Å². The molecule has 4 aromatic rings. The van der Waals surface area contributed by atoms with E-state index in [0.717, 1.165) is 5.69 Å². The fraction of sp³-hybridized carbons (Fsp3) is 0.143. The van der Waals surface area contributed by atoms with Crippen molar-refractivity contribution in [3.63, 3.8) is 0 Å². The van der Waals surface area contributed by atoms with E-state index in [-0.39, 0.29) is 11.3 Å². The molecule has 0 amide bonds. The van der Waals surface area contributed by atoms with Crippen molar-refractivity contribution < 1.29 is 22.6 Å². The Balaban J connectivity index is 1.56. The fourth-order valence-corrected chi connectivity index (χ4v) is 3.14. The zero-order valence-corrected chi connectivity index (χ0v) is 15.9. The molecule has 2 aromatic carbocycles. The third-order valence-corrected chi connectivity index (χ3v) is 4.36. The second-order valence-electron chi connectivity index (χ2n) is 6.66. The first-order valence-electron chi connectivity index (χ1n) is 8.93. The molecule has 0 fully saturated rings. The number of alkyl halides is 3. The standard InChI is InChI=1S/C21H16F3N3O3/c1-12-11-18-25-13(2)19(20(28)27(18)26-12)14-3-5-15(6-4-14)29-16-7-9-17(10-8-16)30-21(22,23)24/h3-11,25H,1-2H3. The summed E-state index contributed by atoms with van der Waals surface area (Å²) in [5.74, 6) is 0.484. The number of ether oxygens (including phenoxy) is 2. The lowest BCUT2D eigenvalue weighted by Crippen LogP contribution is -2.19. The van der Waals surface area contributed by atoms with Gasteiger partial charge in [-0.15, -0.1) is 13.2 Å². The molecule has 0 radical (unpaired) electrons. The largest absolute Gasteiger partial charge is 0.573 e. The van der Waals surface area contributed by atoms with Gasteiger partial charge in [-0.3, -0.25) is 4.79 Å². The zero-order valence-electron chi connectivity index (χ0n) is 15.9. The third kappa shape index (κ3) is 4.00. The average molecular weight is 415 g/mol. The van der Waals surface area contributed by atoms with Crippen molar-refractivity contribution in [3.05, 3.63) is 76.3 Å². The second-order valence-corrected chi connectivity index (χ2v) is 6.66. The predicted molar refractivity (Wildman–Crippen MR) is 104 cm³/mol. The molecule has 0 saturated carbocycles. The SMILES string of the molecule is Cc1cc2[nH]c(C)c(-c3ccc(Oc4ccc(OC(F)(F)F)cc4)cc3)c(=O)n2n1. The van der Waals surface area contributed by atoms with Crippen LogP contribution in [0.3, 0.4) is 0 Å². The minimum absolute atomic E-state index is 0.233. The van der Waals surface area contributed by atoms with Gasteiger partial charge in [0.1, 0.15) is 22.9 Å². The van der Waals surface area contributed by atoms with E-state index in [4.69, 9.17) is 4.74 Å². The summed E-state index contributed by atoms with van der Waals surface area (Å²) in [5.41, 5.74) is 3.01. The molecule has 154 valence electrons. The molecule has 0 aliphatic heterocycles. The van der Waals surface area contributed by atoms with E-state index < -0.39 is 6.36 Å². The minimum atomic E-state index is -4.74. The maximum atomic E-state index is 12.8. The highest BCUT2D eigenvalue weighted by Gasteiger charge is 2.31. The van der Waals surface area contributed by atoms with Crippen molar-refractivity contribution in [3.8, 4) is 28.4 Å². The number of nitrogens with one attached hydrogen (secondary N) is 1. The minimum Gasteiger partial charge on any atom is -0.457 e. The number of halogens is 3. The first-order valence-corrected chi connectivity index (χ1v) is 8.93. The highest BCUT2D eigenvalue weighted by atomic mass is 19.4. The van der Waals surface area contributed by atoms with Crippen LogP contribution in [0.1, 0.15) is 11.4 Å². The molecule has 2 heterocycles. The van der Waals surface area contributed by atoms with Crippen molar-refractivity contribution >= 4 is 5.65 Å². The number of aromatic amines is 1. The van der Waals surface area contributed by atoms with Crippen molar-refractivity contribution in [1.82, 2.24) is 14.6 Å². The van der Waals surface area contributed by atoms with Crippen LogP contribution in [0.2, 0.25) is 0 Å². The van der Waals surface area contributed by atoms with Gasteiger partial charge in [0.15, 0.2) is 0 Å². The Hall–Kier alpha value is -3.75. The highest BCUT2D eigenvalue weighted by Crippen LogP contribution is 2.29. The summed E-state index contributed by atoms with van der Waals surface area (Å²) in [6.45, 7) is 3.62. The molecule has 0 bridgehead atoms. The molecule has 0 atom stereocenters. The average Bonchev–Trinajstić information content (AvgIpc) is 3.04. The molecule has 2 aromatic heterocycles. The number of H-pyrrole nitrogens is 1. The van der Waals surface area contributed by atoms with Crippen LogP contribution in [-0.4, -0.2) is 21.0 Å². The molecule has 6 nitrogen and oxygen atoms in total. The quantitative estimate of drug-likeness (QED) is 0.510. The monoisotopic (exact) mass is 415 g/mol. The van der Waals surface area contributed by atoms with E-state index in [9.17, 15) is 18.0 Å². The van der Waals surface area contributed by atoms with Crippen LogP contribution in [0.4, 0.5) is 13.2 Å². The number of hydrogen-bond acceptors (Lipinski definition) is 4. The normalized spacial score (nSPS) is 11.6. The van der Waals surface area contributed by atoms with Gasteiger partial charge in [0.25, 0.3) is 5.56 Å². The van der Waals surface area contributed by atoms with Crippen molar-refractivity contribution in [2.45, 2.75) is 20.2 Å². The van der Waals surface area contributed by atoms with Crippen LogP contribution >= 0.6 is 0 Å². The molecule has 0 saturated heterocycles. The van der Waals surface area contributed by atoms with Gasteiger partial charge in [0.05, 0.1) is 11.3 Å². The lowest BCUT2D eigenvalue weighted by Gasteiger charge is -2.11.